The number of benzene rings is 2. The Labute approximate surface area is 161 Å². The lowest BCUT2D eigenvalue weighted by Crippen LogP contribution is -2.01. The van der Waals surface area contributed by atoms with Crippen molar-refractivity contribution in [3.05, 3.63) is 72.1 Å². The molecule has 0 unspecified atom stereocenters. The predicted molar refractivity (Wildman–Crippen MR) is 107 cm³/mol. The molecule has 4 aromatic rings. The van der Waals surface area contributed by atoms with Gasteiger partial charge in [-0.15, -0.1) is 0 Å². The fourth-order valence-corrected chi connectivity index (χ4v) is 2.82. The van der Waals surface area contributed by atoms with E-state index in [1.807, 2.05) is 13.0 Å². The van der Waals surface area contributed by atoms with Crippen LogP contribution >= 0.6 is 0 Å². The molecule has 0 atom stereocenters. The quantitative estimate of drug-likeness (QED) is 0.494. The first-order chi connectivity index (χ1) is 13.5. The molecule has 0 aliphatic heterocycles. The van der Waals surface area contributed by atoms with Crippen LogP contribution in [-0.4, -0.2) is 15.0 Å². The second kappa shape index (κ2) is 7.11. The van der Waals surface area contributed by atoms with Gasteiger partial charge >= 0.3 is 0 Å². The van der Waals surface area contributed by atoms with Crippen LogP contribution in [0.15, 0.2) is 55.0 Å². The van der Waals surface area contributed by atoms with Gasteiger partial charge < -0.3 is 15.8 Å². The van der Waals surface area contributed by atoms with Crippen molar-refractivity contribution >= 4 is 28.1 Å². The van der Waals surface area contributed by atoms with Gasteiger partial charge in [0, 0.05) is 22.3 Å². The standard InChI is InChI=1S/C21H18FN5O/c1-12-3-5-15(10-24-12)28-19-8-7-18(20(22)13(19)2)27-21-16-9-14(23)4-6-17(16)25-11-26-21/h3-11H,23H2,1-2H3,(H,25,26,27). The topological polar surface area (TPSA) is 86.0 Å². The van der Waals surface area contributed by atoms with Gasteiger partial charge in [-0.2, -0.15) is 0 Å². The monoisotopic (exact) mass is 375 g/mol. The highest BCUT2D eigenvalue weighted by molar-refractivity contribution is 5.92. The molecule has 3 N–H and O–H groups in total. The molecule has 28 heavy (non-hydrogen) atoms. The van der Waals surface area contributed by atoms with E-state index >= 15 is 0 Å². The second-order valence-electron chi connectivity index (χ2n) is 6.41. The molecule has 0 bridgehead atoms. The van der Waals surface area contributed by atoms with E-state index in [1.165, 1.54) is 6.33 Å². The van der Waals surface area contributed by atoms with Crippen molar-refractivity contribution in [3.63, 3.8) is 0 Å². The van der Waals surface area contributed by atoms with Gasteiger partial charge in [0.1, 0.15) is 23.6 Å². The Bertz CT molecular complexity index is 1160. The Morgan fingerprint density at radius 1 is 1.00 bits per heavy atom. The van der Waals surface area contributed by atoms with E-state index in [9.17, 15) is 4.39 Å². The van der Waals surface area contributed by atoms with E-state index in [-0.39, 0.29) is 5.69 Å². The van der Waals surface area contributed by atoms with Crippen LogP contribution in [-0.2, 0) is 0 Å². The lowest BCUT2D eigenvalue weighted by molar-refractivity contribution is 0.469. The molecule has 4 rings (SSSR count). The molecule has 2 aromatic carbocycles. The lowest BCUT2D eigenvalue weighted by atomic mass is 10.1. The third kappa shape index (κ3) is 3.42. The second-order valence-corrected chi connectivity index (χ2v) is 6.41. The number of rotatable bonds is 4. The van der Waals surface area contributed by atoms with Gasteiger partial charge in [0.15, 0.2) is 5.82 Å². The Kier molecular flexibility index (Phi) is 4.49. The third-order valence-corrected chi connectivity index (χ3v) is 4.36. The smallest absolute Gasteiger partial charge is 0.153 e. The first-order valence-electron chi connectivity index (χ1n) is 8.68. The predicted octanol–water partition coefficient (Wildman–Crippen LogP) is 4.90. The number of fused-ring (bicyclic) bond motifs is 1. The summed E-state index contributed by atoms with van der Waals surface area (Å²) in [5.41, 5.74) is 8.71. The Morgan fingerprint density at radius 3 is 2.64 bits per heavy atom. The van der Waals surface area contributed by atoms with E-state index in [4.69, 9.17) is 10.5 Å². The molecular weight excluding hydrogens is 357 g/mol. The number of nitrogens with zero attached hydrogens (tertiary/aromatic N) is 3. The van der Waals surface area contributed by atoms with Gasteiger partial charge in [0.2, 0.25) is 0 Å². The highest BCUT2D eigenvalue weighted by Crippen LogP contribution is 2.32. The zero-order chi connectivity index (χ0) is 19.7. The minimum absolute atomic E-state index is 0.286. The molecule has 0 saturated carbocycles. The maximum atomic E-state index is 15.0. The molecule has 0 aliphatic rings. The highest BCUT2D eigenvalue weighted by Gasteiger charge is 2.14. The number of ether oxygens (including phenoxy) is 1. The summed E-state index contributed by atoms with van der Waals surface area (Å²) in [6, 6.07) is 12.3. The van der Waals surface area contributed by atoms with Gasteiger partial charge in [0.05, 0.1) is 17.4 Å². The number of aromatic nitrogens is 3. The van der Waals surface area contributed by atoms with Crippen LogP contribution in [0.4, 0.5) is 21.6 Å². The largest absolute Gasteiger partial charge is 0.455 e. The summed E-state index contributed by atoms with van der Waals surface area (Å²) >= 11 is 0. The van der Waals surface area contributed by atoms with Crippen LogP contribution in [0.3, 0.4) is 0 Å². The number of halogens is 1. The summed E-state index contributed by atoms with van der Waals surface area (Å²) in [5, 5.41) is 3.75. The van der Waals surface area contributed by atoms with Crippen LogP contribution in [0.5, 0.6) is 11.5 Å². The number of nitrogen functional groups attached to an aromatic ring is 1. The third-order valence-electron chi connectivity index (χ3n) is 4.36. The molecule has 2 heterocycles. The van der Waals surface area contributed by atoms with Gasteiger partial charge in [-0.1, -0.05) is 0 Å². The van der Waals surface area contributed by atoms with Gasteiger partial charge in [-0.3, -0.25) is 4.98 Å². The zero-order valence-corrected chi connectivity index (χ0v) is 15.4. The molecule has 140 valence electrons. The maximum Gasteiger partial charge on any atom is 0.153 e. The molecule has 7 heteroatoms. The summed E-state index contributed by atoms with van der Waals surface area (Å²) < 4.78 is 20.7. The van der Waals surface area contributed by atoms with E-state index < -0.39 is 5.82 Å². The average Bonchev–Trinajstić information content (AvgIpc) is 2.69. The number of hydrogen-bond acceptors (Lipinski definition) is 6. The first-order valence-corrected chi connectivity index (χ1v) is 8.68. The van der Waals surface area contributed by atoms with E-state index in [0.29, 0.717) is 34.0 Å². The van der Waals surface area contributed by atoms with Crippen LogP contribution in [0.25, 0.3) is 10.9 Å². The molecule has 0 radical (unpaired) electrons. The molecule has 2 aromatic heterocycles. The van der Waals surface area contributed by atoms with Crippen molar-refractivity contribution in [1.29, 1.82) is 0 Å². The van der Waals surface area contributed by atoms with E-state index in [1.54, 1.807) is 49.5 Å². The molecule has 0 spiro atoms. The van der Waals surface area contributed by atoms with Crippen molar-refractivity contribution in [2.75, 3.05) is 11.1 Å². The summed E-state index contributed by atoms with van der Waals surface area (Å²) in [6.07, 6.45) is 3.03. The van der Waals surface area contributed by atoms with Crippen molar-refractivity contribution < 1.29 is 9.13 Å². The number of nitrogens with one attached hydrogen (secondary N) is 1. The maximum absolute atomic E-state index is 15.0. The Balaban J connectivity index is 1.66. The van der Waals surface area contributed by atoms with Crippen LogP contribution in [0.1, 0.15) is 11.3 Å². The van der Waals surface area contributed by atoms with Crippen LogP contribution in [0, 0.1) is 19.7 Å². The normalized spacial score (nSPS) is 10.8. The van der Waals surface area contributed by atoms with Gasteiger partial charge in [0.25, 0.3) is 0 Å². The summed E-state index contributed by atoms with van der Waals surface area (Å²) in [4.78, 5) is 12.6. The molecule has 0 aliphatic carbocycles. The number of anilines is 3. The van der Waals surface area contributed by atoms with E-state index in [2.05, 4.69) is 20.3 Å². The van der Waals surface area contributed by atoms with Crippen molar-refractivity contribution in [2.45, 2.75) is 13.8 Å². The average molecular weight is 375 g/mol. The summed E-state index contributed by atoms with van der Waals surface area (Å²) in [5.74, 6) is 1.02. The fraction of sp³-hybridized carbons (Fsp3) is 0.0952. The minimum Gasteiger partial charge on any atom is -0.455 e. The molecule has 6 nitrogen and oxygen atoms in total. The number of nitrogens with two attached hydrogens (primary N) is 1. The Hall–Kier alpha value is -3.74. The zero-order valence-electron chi connectivity index (χ0n) is 15.4. The molecular formula is C21H18FN5O. The van der Waals surface area contributed by atoms with Crippen molar-refractivity contribution in [1.82, 2.24) is 15.0 Å². The van der Waals surface area contributed by atoms with Crippen LogP contribution < -0.4 is 15.8 Å². The lowest BCUT2D eigenvalue weighted by Gasteiger charge is -2.14. The van der Waals surface area contributed by atoms with E-state index in [0.717, 1.165) is 11.2 Å². The van der Waals surface area contributed by atoms with Crippen LogP contribution in [0.2, 0.25) is 0 Å². The number of aryl methyl sites for hydroxylation is 1. The Morgan fingerprint density at radius 2 is 1.86 bits per heavy atom. The number of pyridine rings is 1. The first kappa shape index (κ1) is 17.7. The fourth-order valence-electron chi connectivity index (χ4n) is 2.82. The highest BCUT2D eigenvalue weighted by atomic mass is 19.1. The molecule has 0 amide bonds. The SMILES string of the molecule is Cc1ccc(Oc2ccc(Nc3ncnc4ccc(N)cc34)c(F)c2C)cn1. The van der Waals surface area contributed by atoms with Gasteiger partial charge in [-0.25, -0.2) is 14.4 Å². The summed E-state index contributed by atoms with van der Waals surface area (Å²) in [6.45, 7) is 3.55. The van der Waals surface area contributed by atoms with Gasteiger partial charge in [-0.05, 0) is 56.3 Å². The minimum atomic E-state index is -0.423. The molecule has 0 saturated heterocycles. The van der Waals surface area contributed by atoms with Crippen molar-refractivity contribution in [3.8, 4) is 11.5 Å². The number of hydrogen-bond donors (Lipinski definition) is 2. The molecule has 0 fully saturated rings. The summed E-state index contributed by atoms with van der Waals surface area (Å²) in [7, 11) is 0. The van der Waals surface area contributed by atoms with Crippen molar-refractivity contribution in [2.24, 2.45) is 0 Å².